The average Bonchev–Trinajstić information content (AvgIpc) is 3.17. The second kappa shape index (κ2) is 8.62. The lowest BCUT2D eigenvalue weighted by Gasteiger charge is -2.34. The van der Waals surface area contributed by atoms with Crippen LogP contribution < -0.4 is 5.32 Å². The minimum absolute atomic E-state index is 0.0451. The first-order valence-electron chi connectivity index (χ1n) is 10.2. The van der Waals surface area contributed by atoms with Gasteiger partial charge < -0.3 is 10.2 Å². The van der Waals surface area contributed by atoms with E-state index < -0.39 is 0 Å². The molecule has 0 aliphatic carbocycles. The number of carbonyl (C=O) groups is 2. The molecule has 2 saturated heterocycles. The van der Waals surface area contributed by atoms with E-state index >= 15 is 0 Å². The van der Waals surface area contributed by atoms with E-state index in [4.69, 9.17) is 0 Å². The van der Waals surface area contributed by atoms with E-state index in [-0.39, 0.29) is 11.8 Å². The highest BCUT2D eigenvalue weighted by atomic mass is 16.2. The Morgan fingerprint density at radius 2 is 1.83 bits per heavy atom. The van der Waals surface area contributed by atoms with Crippen molar-refractivity contribution in [3.63, 3.8) is 0 Å². The van der Waals surface area contributed by atoms with Crippen LogP contribution in [-0.2, 0) is 11.3 Å². The van der Waals surface area contributed by atoms with Gasteiger partial charge in [0.15, 0.2) is 0 Å². The van der Waals surface area contributed by atoms with Gasteiger partial charge >= 0.3 is 0 Å². The molecule has 0 radical (unpaired) electrons. The Labute approximate surface area is 172 Å². The van der Waals surface area contributed by atoms with Crippen molar-refractivity contribution in [2.45, 2.75) is 13.0 Å². The Morgan fingerprint density at radius 1 is 1.03 bits per heavy atom. The van der Waals surface area contributed by atoms with Gasteiger partial charge in [-0.1, -0.05) is 43.0 Å². The molecule has 2 atom stereocenters. The number of rotatable bonds is 5. The Balaban J connectivity index is 1.38. The highest BCUT2D eigenvalue weighted by Gasteiger charge is 2.38. The summed E-state index contributed by atoms with van der Waals surface area (Å²) in [6.45, 7) is 8.19. The third-order valence-electron chi connectivity index (χ3n) is 5.98. The lowest BCUT2D eigenvalue weighted by atomic mass is 9.88. The normalized spacial score (nSPS) is 21.4. The van der Waals surface area contributed by atoms with Gasteiger partial charge in [-0.25, -0.2) is 0 Å². The lowest BCUT2D eigenvalue weighted by Crippen LogP contribution is -2.39. The predicted octanol–water partition coefficient (Wildman–Crippen LogP) is 3.41. The molecule has 4 rings (SSSR count). The monoisotopic (exact) mass is 389 g/mol. The first-order valence-corrected chi connectivity index (χ1v) is 10.2. The molecule has 2 heterocycles. The Bertz CT molecular complexity index is 896. The number of benzene rings is 2. The molecule has 2 aliphatic rings. The summed E-state index contributed by atoms with van der Waals surface area (Å²) >= 11 is 0. The molecule has 0 spiro atoms. The van der Waals surface area contributed by atoms with Gasteiger partial charge in [-0.2, -0.15) is 0 Å². The van der Waals surface area contributed by atoms with E-state index in [1.165, 1.54) is 11.6 Å². The molecule has 29 heavy (non-hydrogen) atoms. The van der Waals surface area contributed by atoms with E-state index in [1.54, 1.807) is 18.2 Å². The van der Waals surface area contributed by atoms with Crippen molar-refractivity contribution in [1.29, 1.82) is 0 Å². The number of hydrogen-bond donors (Lipinski definition) is 1. The van der Waals surface area contributed by atoms with Crippen LogP contribution in [0.5, 0.6) is 0 Å². The maximum atomic E-state index is 13.0. The van der Waals surface area contributed by atoms with Crippen LogP contribution in [0.2, 0.25) is 0 Å². The minimum atomic E-state index is -0.278. The molecule has 150 valence electrons. The van der Waals surface area contributed by atoms with Crippen molar-refractivity contribution in [3.8, 4) is 0 Å². The summed E-state index contributed by atoms with van der Waals surface area (Å²) in [7, 11) is 0. The van der Waals surface area contributed by atoms with Crippen molar-refractivity contribution < 1.29 is 9.59 Å². The number of carbonyl (C=O) groups excluding carboxylic acids is 2. The number of fused-ring (bicyclic) bond motifs is 1. The van der Waals surface area contributed by atoms with Crippen molar-refractivity contribution in [2.75, 3.05) is 31.5 Å². The van der Waals surface area contributed by atoms with Gasteiger partial charge in [-0.05, 0) is 54.6 Å². The molecular formula is C24H27N3O2. The quantitative estimate of drug-likeness (QED) is 0.798. The van der Waals surface area contributed by atoms with E-state index in [0.29, 0.717) is 23.1 Å². The molecule has 2 aliphatic heterocycles. The van der Waals surface area contributed by atoms with Gasteiger partial charge in [-0.15, -0.1) is 0 Å². The summed E-state index contributed by atoms with van der Waals surface area (Å²) in [6, 6.07) is 17.7. The summed E-state index contributed by atoms with van der Waals surface area (Å²) in [6.07, 6.45) is 2.36. The molecule has 0 aromatic heterocycles. The van der Waals surface area contributed by atoms with Crippen molar-refractivity contribution >= 4 is 17.5 Å². The van der Waals surface area contributed by atoms with Gasteiger partial charge in [0.2, 0.25) is 5.91 Å². The lowest BCUT2D eigenvalue weighted by molar-refractivity contribution is -0.111. The standard InChI is InChI=1S/C24H27N3O2/c1-2-23(28)25-22-10-6-9-19(13-22)24(29)27-16-20-11-12-26(15-21(20)17-27)14-18-7-4-3-5-8-18/h2-10,13,20-21H,1,11-12,14-17H2,(H,25,28)/t20-,21+/m0/s1. The molecule has 0 saturated carbocycles. The van der Waals surface area contributed by atoms with Crippen LogP contribution in [-0.4, -0.2) is 47.8 Å². The van der Waals surface area contributed by atoms with Crippen LogP contribution in [0.4, 0.5) is 5.69 Å². The van der Waals surface area contributed by atoms with Crippen LogP contribution in [0, 0.1) is 11.8 Å². The molecule has 0 bridgehead atoms. The largest absolute Gasteiger partial charge is 0.338 e. The van der Waals surface area contributed by atoms with Gasteiger partial charge in [0.25, 0.3) is 5.91 Å². The predicted molar refractivity (Wildman–Crippen MR) is 114 cm³/mol. The fourth-order valence-corrected chi connectivity index (χ4v) is 4.50. The third-order valence-corrected chi connectivity index (χ3v) is 5.98. The molecule has 0 unspecified atom stereocenters. The Hall–Kier alpha value is -2.92. The summed E-state index contributed by atoms with van der Waals surface area (Å²) in [5, 5.41) is 2.72. The third kappa shape index (κ3) is 4.57. The molecule has 2 aromatic carbocycles. The zero-order valence-corrected chi connectivity index (χ0v) is 16.6. The van der Waals surface area contributed by atoms with Gasteiger partial charge in [0.05, 0.1) is 0 Å². The minimum Gasteiger partial charge on any atom is -0.338 e. The zero-order valence-electron chi connectivity index (χ0n) is 16.6. The van der Waals surface area contributed by atoms with Crippen LogP contribution >= 0.6 is 0 Å². The molecular weight excluding hydrogens is 362 g/mol. The topological polar surface area (TPSA) is 52.7 Å². The highest BCUT2D eigenvalue weighted by Crippen LogP contribution is 2.32. The summed E-state index contributed by atoms with van der Waals surface area (Å²) in [4.78, 5) is 29.1. The Kier molecular flexibility index (Phi) is 5.76. The maximum absolute atomic E-state index is 13.0. The number of nitrogens with zero attached hydrogens (tertiary/aromatic N) is 2. The second-order valence-electron chi connectivity index (χ2n) is 8.01. The zero-order chi connectivity index (χ0) is 20.2. The van der Waals surface area contributed by atoms with Crippen LogP contribution in [0.15, 0.2) is 67.3 Å². The van der Waals surface area contributed by atoms with Gasteiger partial charge in [0, 0.05) is 37.4 Å². The van der Waals surface area contributed by atoms with Crippen molar-refractivity contribution in [1.82, 2.24) is 9.80 Å². The van der Waals surface area contributed by atoms with Gasteiger partial charge in [-0.3, -0.25) is 14.5 Å². The van der Waals surface area contributed by atoms with E-state index in [2.05, 4.69) is 41.1 Å². The molecule has 2 amide bonds. The number of nitrogens with one attached hydrogen (secondary N) is 1. The van der Waals surface area contributed by atoms with Gasteiger partial charge in [0.1, 0.15) is 0 Å². The first-order chi connectivity index (χ1) is 14.1. The molecule has 2 fully saturated rings. The number of piperidine rings is 1. The van der Waals surface area contributed by atoms with Crippen LogP contribution in [0.3, 0.4) is 0 Å². The molecule has 5 nitrogen and oxygen atoms in total. The Morgan fingerprint density at radius 3 is 2.62 bits per heavy atom. The summed E-state index contributed by atoms with van der Waals surface area (Å²) < 4.78 is 0. The number of amides is 2. The highest BCUT2D eigenvalue weighted by molar-refractivity contribution is 6.00. The number of anilines is 1. The van der Waals surface area contributed by atoms with E-state index in [9.17, 15) is 9.59 Å². The van der Waals surface area contributed by atoms with Crippen LogP contribution in [0.25, 0.3) is 0 Å². The second-order valence-corrected chi connectivity index (χ2v) is 8.01. The number of hydrogen-bond acceptors (Lipinski definition) is 3. The van der Waals surface area contributed by atoms with E-state index in [1.807, 2.05) is 17.0 Å². The average molecular weight is 389 g/mol. The molecule has 5 heteroatoms. The number of likely N-dealkylation sites (tertiary alicyclic amines) is 2. The SMILES string of the molecule is C=CC(=O)Nc1cccc(C(=O)N2C[C@H]3CN(Cc4ccccc4)CC[C@H]3C2)c1. The molecule has 1 N–H and O–H groups in total. The fourth-order valence-electron chi connectivity index (χ4n) is 4.50. The summed E-state index contributed by atoms with van der Waals surface area (Å²) in [5.41, 5.74) is 2.58. The van der Waals surface area contributed by atoms with Crippen molar-refractivity contribution in [2.24, 2.45) is 11.8 Å². The van der Waals surface area contributed by atoms with Crippen molar-refractivity contribution in [3.05, 3.63) is 78.4 Å². The fraction of sp³-hybridized carbons (Fsp3) is 0.333. The first kappa shape index (κ1) is 19.4. The maximum Gasteiger partial charge on any atom is 0.253 e. The van der Waals surface area contributed by atoms with E-state index in [0.717, 1.165) is 39.1 Å². The summed E-state index contributed by atoms with van der Waals surface area (Å²) in [5.74, 6) is 0.874. The molecule has 2 aromatic rings. The van der Waals surface area contributed by atoms with Crippen LogP contribution in [0.1, 0.15) is 22.3 Å². The smallest absolute Gasteiger partial charge is 0.253 e.